The predicted molar refractivity (Wildman–Crippen MR) is 144 cm³/mol. The smallest absolute Gasteiger partial charge is 0.282 e. The zero-order chi connectivity index (χ0) is 26.8. The fourth-order valence-corrected chi connectivity index (χ4v) is 5.54. The molecule has 0 radical (unpaired) electrons. The Morgan fingerprint density at radius 3 is 2.50 bits per heavy atom. The van der Waals surface area contributed by atoms with Crippen molar-refractivity contribution < 1.29 is 17.8 Å². The van der Waals surface area contributed by atoms with Gasteiger partial charge in [0.05, 0.1) is 32.3 Å². The molecule has 0 aliphatic carbocycles. The van der Waals surface area contributed by atoms with Crippen LogP contribution < -0.4 is 5.01 Å². The first-order valence-electron chi connectivity index (χ1n) is 11.0. The molecule has 6 rings (SSSR count). The van der Waals surface area contributed by atoms with Crippen LogP contribution in [0, 0.1) is 0 Å². The van der Waals surface area contributed by atoms with E-state index in [0.717, 1.165) is 38.8 Å². The molecule has 0 saturated carbocycles. The first kappa shape index (κ1) is 24.4. The standard InChI is InChI=1S/C24H15Cl2N7O4S/c1-11-21(24(34)33(32-11)19-9-17(26)20(10-16(19)25)38(35,36)37)28-30-23-15-7-14-6-12-4-2-3-5-13(12)8-18(14)27-22(15)29-31-23/h2-10,21H,1H3,(H,27,29,31)(H,35,36,37). The third-order valence-corrected chi connectivity index (χ3v) is 7.68. The maximum atomic E-state index is 13.1. The second-order valence-corrected chi connectivity index (χ2v) is 10.7. The molecule has 0 spiro atoms. The van der Waals surface area contributed by atoms with Gasteiger partial charge in [-0.1, -0.05) is 47.5 Å². The van der Waals surface area contributed by atoms with Gasteiger partial charge in [0.2, 0.25) is 0 Å². The molecular formula is C24H15Cl2N7O4S. The van der Waals surface area contributed by atoms with Crippen LogP contribution in [0.25, 0.3) is 32.7 Å². The van der Waals surface area contributed by atoms with Crippen molar-refractivity contribution in [2.75, 3.05) is 5.01 Å². The molecule has 38 heavy (non-hydrogen) atoms. The van der Waals surface area contributed by atoms with Gasteiger partial charge < -0.3 is 0 Å². The van der Waals surface area contributed by atoms with E-state index in [1.165, 1.54) is 0 Å². The molecule has 14 heteroatoms. The average molecular weight is 568 g/mol. The topological polar surface area (TPSA) is 153 Å². The number of anilines is 1. The Hall–Kier alpha value is -3.97. The minimum atomic E-state index is -4.61. The molecule has 190 valence electrons. The van der Waals surface area contributed by atoms with E-state index in [4.69, 9.17) is 23.2 Å². The molecule has 2 aromatic heterocycles. The number of H-pyrrole nitrogens is 1. The molecule has 2 N–H and O–H groups in total. The zero-order valence-corrected chi connectivity index (χ0v) is 21.6. The molecule has 0 saturated heterocycles. The van der Waals surface area contributed by atoms with E-state index in [1.807, 2.05) is 42.5 Å². The molecule has 1 unspecified atom stereocenters. The Labute approximate surface area is 224 Å². The number of aromatic amines is 1. The molecule has 3 heterocycles. The van der Waals surface area contributed by atoms with Gasteiger partial charge in [-0.25, -0.2) is 4.98 Å². The fourth-order valence-electron chi connectivity index (χ4n) is 4.21. The molecule has 1 aliphatic rings. The van der Waals surface area contributed by atoms with Crippen LogP contribution in [-0.4, -0.2) is 45.8 Å². The van der Waals surface area contributed by atoms with Gasteiger partial charge >= 0.3 is 0 Å². The van der Waals surface area contributed by atoms with E-state index >= 15 is 0 Å². The molecular weight excluding hydrogens is 553 g/mol. The monoisotopic (exact) mass is 567 g/mol. The Bertz CT molecular complexity index is 1990. The summed E-state index contributed by atoms with van der Waals surface area (Å²) in [6, 6.07) is 14.9. The highest BCUT2D eigenvalue weighted by Crippen LogP contribution is 2.36. The largest absolute Gasteiger partial charge is 0.296 e. The number of rotatable bonds is 4. The van der Waals surface area contributed by atoms with Gasteiger partial charge in [0.15, 0.2) is 17.5 Å². The summed E-state index contributed by atoms with van der Waals surface area (Å²) in [5, 5.41) is 23.8. The molecule has 0 fully saturated rings. The predicted octanol–water partition coefficient (Wildman–Crippen LogP) is 5.69. The van der Waals surface area contributed by atoms with Crippen LogP contribution in [-0.2, 0) is 14.9 Å². The van der Waals surface area contributed by atoms with Crippen molar-refractivity contribution in [1.82, 2.24) is 15.2 Å². The number of fused-ring (bicyclic) bond motifs is 3. The SMILES string of the molecule is CC1=NN(c2cc(Cl)c(S(=O)(=O)O)cc2Cl)C(=O)C1N=Nc1[nH]nc2nc3cc4ccccc4cc3cc12. The maximum Gasteiger partial charge on any atom is 0.296 e. The minimum absolute atomic E-state index is 0.0287. The highest BCUT2D eigenvalue weighted by molar-refractivity contribution is 7.86. The number of carbonyl (C=O) groups is 1. The van der Waals surface area contributed by atoms with Gasteiger partial charge in [0.1, 0.15) is 4.90 Å². The molecule has 1 atom stereocenters. The van der Waals surface area contributed by atoms with Crippen LogP contribution in [0.3, 0.4) is 0 Å². The van der Waals surface area contributed by atoms with Gasteiger partial charge in [-0.3, -0.25) is 14.4 Å². The van der Waals surface area contributed by atoms with Crippen LogP contribution in [0.5, 0.6) is 0 Å². The summed E-state index contributed by atoms with van der Waals surface area (Å²) in [4.78, 5) is 17.2. The van der Waals surface area contributed by atoms with Crippen molar-refractivity contribution >= 4 is 89.2 Å². The van der Waals surface area contributed by atoms with E-state index in [1.54, 1.807) is 6.92 Å². The van der Waals surface area contributed by atoms with Gasteiger partial charge in [-0.05, 0) is 48.0 Å². The van der Waals surface area contributed by atoms with Crippen molar-refractivity contribution in [3.63, 3.8) is 0 Å². The van der Waals surface area contributed by atoms with E-state index in [9.17, 15) is 17.8 Å². The molecule has 1 amide bonds. The van der Waals surface area contributed by atoms with Gasteiger partial charge in [0.25, 0.3) is 16.0 Å². The van der Waals surface area contributed by atoms with Crippen LogP contribution >= 0.6 is 23.2 Å². The first-order valence-corrected chi connectivity index (χ1v) is 13.2. The van der Waals surface area contributed by atoms with Crippen LogP contribution in [0.1, 0.15) is 6.92 Å². The lowest BCUT2D eigenvalue weighted by molar-refractivity contribution is -0.117. The number of pyridine rings is 1. The number of nitrogens with one attached hydrogen (secondary N) is 1. The summed E-state index contributed by atoms with van der Waals surface area (Å²) < 4.78 is 32.3. The number of hydrogen-bond acceptors (Lipinski definition) is 8. The zero-order valence-electron chi connectivity index (χ0n) is 19.3. The Morgan fingerprint density at radius 2 is 1.76 bits per heavy atom. The molecule has 0 bridgehead atoms. The number of amides is 1. The molecule has 3 aromatic carbocycles. The normalized spacial score (nSPS) is 16.4. The average Bonchev–Trinajstić information content (AvgIpc) is 3.39. The van der Waals surface area contributed by atoms with Gasteiger partial charge in [-0.2, -0.15) is 28.7 Å². The summed E-state index contributed by atoms with van der Waals surface area (Å²) in [6.45, 7) is 1.59. The maximum absolute atomic E-state index is 13.1. The van der Waals surface area contributed by atoms with Gasteiger partial charge in [-0.15, -0.1) is 5.11 Å². The summed E-state index contributed by atoms with van der Waals surface area (Å²) in [7, 11) is -4.61. The lowest BCUT2D eigenvalue weighted by Gasteiger charge is -2.15. The second kappa shape index (κ2) is 8.81. The lowest BCUT2D eigenvalue weighted by atomic mass is 10.1. The van der Waals surface area contributed by atoms with Crippen molar-refractivity contribution in [3.05, 3.63) is 64.6 Å². The van der Waals surface area contributed by atoms with Crippen molar-refractivity contribution in [2.45, 2.75) is 17.9 Å². The van der Waals surface area contributed by atoms with E-state index in [0.29, 0.717) is 22.6 Å². The van der Waals surface area contributed by atoms with Crippen molar-refractivity contribution in [3.8, 4) is 0 Å². The molecule has 1 aliphatic heterocycles. The highest BCUT2D eigenvalue weighted by atomic mass is 35.5. The number of benzene rings is 3. The summed E-state index contributed by atoms with van der Waals surface area (Å²) in [5.74, 6) is -0.261. The number of azo groups is 1. The third-order valence-electron chi connectivity index (χ3n) is 6.06. The Kier molecular flexibility index (Phi) is 5.65. The Morgan fingerprint density at radius 1 is 1.03 bits per heavy atom. The number of hydrogen-bond donors (Lipinski definition) is 2. The first-order chi connectivity index (χ1) is 18.1. The number of carbonyl (C=O) groups excluding carboxylic acids is 1. The number of nitrogens with zero attached hydrogens (tertiary/aromatic N) is 6. The summed E-state index contributed by atoms with van der Waals surface area (Å²) >= 11 is 12.2. The molecule has 11 nitrogen and oxygen atoms in total. The van der Waals surface area contributed by atoms with Crippen molar-refractivity contribution in [2.24, 2.45) is 15.3 Å². The lowest BCUT2D eigenvalue weighted by Crippen LogP contribution is -2.30. The minimum Gasteiger partial charge on any atom is -0.282 e. The fraction of sp³-hybridized carbons (Fsp3) is 0.0833. The number of aromatic nitrogens is 3. The third kappa shape index (κ3) is 4.07. The van der Waals surface area contributed by atoms with Crippen LogP contribution in [0.4, 0.5) is 11.5 Å². The summed E-state index contributed by atoms with van der Waals surface area (Å²) in [5.41, 5.74) is 1.59. The van der Waals surface area contributed by atoms with Crippen LogP contribution in [0.2, 0.25) is 10.0 Å². The summed E-state index contributed by atoms with van der Waals surface area (Å²) in [6.07, 6.45) is 0. The van der Waals surface area contributed by atoms with E-state index < -0.39 is 27.0 Å². The second-order valence-electron chi connectivity index (χ2n) is 8.54. The molecule has 5 aromatic rings. The number of halogens is 2. The quantitative estimate of drug-likeness (QED) is 0.161. The van der Waals surface area contributed by atoms with Crippen molar-refractivity contribution in [1.29, 1.82) is 0 Å². The van der Waals surface area contributed by atoms with Gasteiger partial charge in [0, 0.05) is 5.39 Å². The number of hydrazone groups is 1. The van der Waals surface area contributed by atoms with E-state index in [2.05, 4.69) is 30.5 Å². The Balaban J connectivity index is 1.33. The van der Waals surface area contributed by atoms with Crippen LogP contribution in [0.15, 0.2) is 74.8 Å². The van der Waals surface area contributed by atoms with E-state index in [-0.39, 0.29) is 15.7 Å². The highest BCUT2D eigenvalue weighted by Gasteiger charge is 2.36.